The molecule has 4 nitrogen and oxygen atoms in total. The summed E-state index contributed by atoms with van der Waals surface area (Å²) in [7, 11) is 1.69. The Bertz CT molecular complexity index is 414. The zero-order valence-corrected chi connectivity index (χ0v) is 12.1. The molecule has 0 aliphatic carbocycles. The van der Waals surface area contributed by atoms with Gasteiger partial charge in [-0.25, -0.2) is 0 Å². The van der Waals surface area contributed by atoms with Crippen LogP contribution in [0.15, 0.2) is 24.3 Å². The number of rotatable bonds is 4. The maximum atomic E-state index is 6.52. The lowest BCUT2D eigenvalue weighted by Crippen LogP contribution is -2.55. The van der Waals surface area contributed by atoms with Crippen molar-refractivity contribution in [3.63, 3.8) is 0 Å². The number of hydrogen-bond acceptors (Lipinski definition) is 4. The van der Waals surface area contributed by atoms with E-state index in [1.165, 1.54) is 0 Å². The van der Waals surface area contributed by atoms with Crippen LogP contribution >= 0.6 is 0 Å². The van der Waals surface area contributed by atoms with Crippen LogP contribution in [-0.4, -0.2) is 43.9 Å². The van der Waals surface area contributed by atoms with Crippen LogP contribution in [0, 0.1) is 0 Å². The van der Waals surface area contributed by atoms with E-state index in [1.807, 2.05) is 24.3 Å². The van der Waals surface area contributed by atoms with Gasteiger partial charge in [-0.05, 0) is 19.9 Å². The van der Waals surface area contributed by atoms with E-state index >= 15 is 0 Å². The number of morpholine rings is 1. The number of nitrogens with two attached hydrogens (primary N) is 1. The number of ether oxygens (including phenoxy) is 2. The number of nitrogens with zero attached hydrogens (tertiary/aromatic N) is 1. The molecule has 0 bridgehead atoms. The number of hydrogen-bond donors (Lipinski definition) is 1. The van der Waals surface area contributed by atoms with Gasteiger partial charge in [0.1, 0.15) is 5.75 Å². The number of benzene rings is 1. The third-order valence-electron chi connectivity index (χ3n) is 4.06. The van der Waals surface area contributed by atoms with Gasteiger partial charge in [-0.2, -0.15) is 0 Å². The van der Waals surface area contributed by atoms with E-state index in [1.54, 1.807) is 7.11 Å². The lowest BCUT2D eigenvalue weighted by molar-refractivity contribution is -0.0192. The second-order valence-electron chi connectivity index (χ2n) is 5.47. The second-order valence-corrected chi connectivity index (χ2v) is 5.47. The molecule has 0 saturated carbocycles. The highest BCUT2D eigenvalue weighted by Crippen LogP contribution is 2.34. The summed E-state index contributed by atoms with van der Waals surface area (Å²) in [6.07, 6.45) is 0. The lowest BCUT2D eigenvalue weighted by Gasteiger charge is -2.44. The van der Waals surface area contributed by atoms with Crippen molar-refractivity contribution in [1.29, 1.82) is 0 Å². The molecule has 0 spiro atoms. The molecule has 4 heteroatoms. The summed E-state index contributed by atoms with van der Waals surface area (Å²) in [5, 5.41) is 0. The van der Waals surface area contributed by atoms with Crippen molar-refractivity contribution in [2.75, 3.05) is 33.4 Å². The van der Waals surface area contributed by atoms with E-state index in [0.717, 1.165) is 37.6 Å². The van der Waals surface area contributed by atoms with Gasteiger partial charge in [-0.15, -0.1) is 0 Å². The molecule has 1 atom stereocenters. The summed E-state index contributed by atoms with van der Waals surface area (Å²) >= 11 is 0. The molecule has 1 aliphatic rings. The van der Waals surface area contributed by atoms with Gasteiger partial charge in [0.2, 0.25) is 0 Å². The molecular formula is C15H24N2O2. The van der Waals surface area contributed by atoms with E-state index in [9.17, 15) is 0 Å². The van der Waals surface area contributed by atoms with Crippen molar-refractivity contribution in [2.45, 2.75) is 25.4 Å². The predicted molar refractivity (Wildman–Crippen MR) is 76.4 cm³/mol. The molecule has 1 aliphatic heterocycles. The zero-order chi connectivity index (χ0) is 13.9. The molecule has 1 aromatic carbocycles. The molecule has 0 radical (unpaired) electrons. The minimum absolute atomic E-state index is 0.0956. The van der Waals surface area contributed by atoms with Gasteiger partial charge in [0.05, 0.1) is 26.4 Å². The Morgan fingerprint density at radius 1 is 1.26 bits per heavy atom. The summed E-state index contributed by atoms with van der Waals surface area (Å²) in [6, 6.07) is 7.89. The van der Waals surface area contributed by atoms with Crippen molar-refractivity contribution < 1.29 is 9.47 Å². The second kappa shape index (κ2) is 5.90. The number of methoxy groups -OCH3 is 1. The van der Waals surface area contributed by atoms with Crippen LogP contribution in [0.2, 0.25) is 0 Å². The molecule has 0 amide bonds. The molecule has 2 rings (SSSR count). The molecule has 1 unspecified atom stereocenters. The highest BCUT2D eigenvalue weighted by atomic mass is 16.5. The van der Waals surface area contributed by atoms with Crippen LogP contribution in [-0.2, 0) is 4.74 Å². The van der Waals surface area contributed by atoms with Gasteiger partial charge in [0.15, 0.2) is 0 Å². The average molecular weight is 264 g/mol. The minimum Gasteiger partial charge on any atom is -0.496 e. The smallest absolute Gasteiger partial charge is 0.123 e. The van der Waals surface area contributed by atoms with E-state index in [4.69, 9.17) is 15.2 Å². The van der Waals surface area contributed by atoms with Crippen LogP contribution in [0.4, 0.5) is 0 Å². The molecule has 1 heterocycles. The van der Waals surface area contributed by atoms with Gasteiger partial charge < -0.3 is 15.2 Å². The minimum atomic E-state index is -0.127. The van der Waals surface area contributed by atoms with Crippen LogP contribution in [0.5, 0.6) is 5.75 Å². The van der Waals surface area contributed by atoms with E-state index in [0.29, 0.717) is 0 Å². The predicted octanol–water partition coefficient (Wildman–Crippen LogP) is 1.81. The molecular weight excluding hydrogens is 240 g/mol. The highest BCUT2D eigenvalue weighted by molar-refractivity contribution is 5.37. The molecule has 19 heavy (non-hydrogen) atoms. The van der Waals surface area contributed by atoms with Gasteiger partial charge in [0.25, 0.3) is 0 Å². The fourth-order valence-electron chi connectivity index (χ4n) is 2.64. The van der Waals surface area contributed by atoms with Gasteiger partial charge in [-0.3, -0.25) is 4.90 Å². The molecule has 2 N–H and O–H groups in total. The third kappa shape index (κ3) is 2.91. The van der Waals surface area contributed by atoms with Crippen molar-refractivity contribution in [3.8, 4) is 5.75 Å². The Hall–Kier alpha value is -1.10. The molecule has 106 valence electrons. The summed E-state index contributed by atoms with van der Waals surface area (Å²) in [6.45, 7) is 7.79. The first kappa shape index (κ1) is 14.3. The van der Waals surface area contributed by atoms with Gasteiger partial charge in [0, 0.05) is 24.2 Å². The monoisotopic (exact) mass is 264 g/mol. The standard InChI is InChI=1S/C15H24N2O2/c1-15(2,17-8-10-19-11-9-17)14(16)12-6-4-5-7-13(12)18-3/h4-7,14H,8-11,16H2,1-3H3. The summed E-state index contributed by atoms with van der Waals surface area (Å²) in [5.74, 6) is 0.858. The average Bonchev–Trinajstić information content (AvgIpc) is 2.47. The van der Waals surface area contributed by atoms with Crippen LogP contribution in [0.25, 0.3) is 0 Å². The van der Waals surface area contributed by atoms with Crippen molar-refractivity contribution in [2.24, 2.45) is 5.73 Å². The zero-order valence-electron chi connectivity index (χ0n) is 12.1. The SMILES string of the molecule is COc1ccccc1C(N)C(C)(C)N1CCOCC1. The highest BCUT2D eigenvalue weighted by Gasteiger charge is 2.36. The number of para-hydroxylation sites is 1. The van der Waals surface area contributed by atoms with Crippen LogP contribution in [0.1, 0.15) is 25.5 Å². The van der Waals surface area contributed by atoms with E-state index < -0.39 is 0 Å². The van der Waals surface area contributed by atoms with Crippen molar-refractivity contribution >= 4 is 0 Å². The molecule has 0 aromatic heterocycles. The first-order chi connectivity index (χ1) is 9.07. The van der Waals surface area contributed by atoms with Crippen molar-refractivity contribution in [3.05, 3.63) is 29.8 Å². The largest absolute Gasteiger partial charge is 0.496 e. The van der Waals surface area contributed by atoms with Crippen molar-refractivity contribution in [1.82, 2.24) is 4.90 Å². The van der Waals surface area contributed by atoms with Crippen LogP contribution < -0.4 is 10.5 Å². The topological polar surface area (TPSA) is 47.7 Å². The van der Waals surface area contributed by atoms with Gasteiger partial charge >= 0.3 is 0 Å². The van der Waals surface area contributed by atoms with Gasteiger partial charge in [-0.1, -0.05) is 18.2 Å². The maximum Gasteiger partial charge on any atom is 0.123 e. The Labute approximate surface area is 115 Å². The summed E-state index contributed by atoms with van der Waals surface area (Å²) < 4.78 is 10.8. The Morgan fingerprint density at radius 2 is 1.89 bits per heavy atom. The first-order valence-corrected chi connectivity index (χ1v) is 6.78. The Morgan fingerprint density at radius 3 is 2.53 bits per heavy atom. The molecule has 1 saturated heterocycles. The fraction of sp³-hybridized carbons (Fsp3) is 0.600. The van der Waals surface area contributed by atoms with E-state index in [2.05, 4.69) is 18.7 Å². The third-order valence-corrected chi connectivity index (χ3v) is 4.06. The Balaban J connectivity index is 2.23. The summed E-state index contributed by atoms with van der Waals surface area (Å²) in [4.78, 5) is 2.40. The quantitative estimate of drug-likeness (QED) is 0.901. The Kier molecular flexibility index (Phi) is 4.45. The first-order valence-electron chi connectivity index (χ1n) is 6.78. The normalized spacial score (nSPS) is 19.2. The molecule has 1 fully saturated rings. The summed E-state index contributed by atoms with van der Waals surface area (Å²) in [5.41, 5.74) is 7.45. The molecule has 1 aromatic rings. The van der Waals surface area contributed by atoms with E-state index in [-0.39, 0.29) is 11.6 Å². The van der Waals surface area contributed by atoms with Crippen LogP contribution in [0.3, 0.4) is 0 Å². The fourth-order valence-corrected chi connectivity index (χ4v) is 2.64. The maximum absolute atomic E-state index is 6.52. The lowest BCUT2D eigenvalue weighted by atomic mass is 9.87.